The molecule has 136 valence electrons. The Hall–Kier alpha value is -3.16. The molecule has 26 heavy (non-hydrogen) atoms. The van der Waals surface area contributed by atoms with Gasteiger partial charge in [-0.2, -0.15) is 13.2 Å². The molecule has 0 bridgehead atoms. The number of benzene rings is 2. The first-order valence-electron chi connectivity index (χ1n) is 7.32. The van der Waals surface area contributed by atoms with Crippen LogP contribution in [0, 0.1) is 5.82 Å². The molecule has 2 aromatic carbocycles. The van der Waals surface area contributed by atoms with Crippen molar-refractivity contribution in [3.8, 4) is 0 Å². The Morgan fingerprint density at radius 1 is 1.04 bits per heavy atom. The van der Waals surface area contributed by atoms with E-state index < -0.39 is 36.0 Å². The van der Waals surface area contributed by atoms with Gasteiger partial charge in [0.05, 0.1) is 5.56 Å². The van der Waals surface area contributed by atoms with Crippen molar-refractivity contribution in [2.45, 2.75) is 6.18 Å². The standard InChI is InChI=1S/C18H13F4NO3/c19-15-4-2-1-3-12(15)5-10-17(25)26-11-16(24)23-14-8-6-13(7-9-14)18(20,21)22/h1-10H,11H2,(H,23,24)/b10-5+. The number of anilines is 1. The number of carbonyl (C=O) groups excluding carboxylic acids is 2. The number of amides is 1. The summed E-state index contributed by atoms with van der Waals surface area (Å²) in [6, 6.07) is 9.57. The summed E-state index contributed by atoms with van der Waals surface area (Å²) in [6.07, 6.45) is -2.31. The third-order valence-electron chi connectivity index (χ3n) is 3.15. The molecule has 1 amide bonds. The van der Waals surface area contributed by atoms with E-state index in [-0.39, 0.29) is 11.3 Å². The first-order chi connectivity index (χ1) is 12.3. The van der Waals surface area contributed by atoms with Crippen molar-refractivity contribution in [1.82, 2.24) is 0 Å². The topological polar surface area (TPSA) is 55.4 Å². The van der Waals surface area contributed by atoms with E-state index >= 15 is 0 Å². The Morgan fingerprint density at radius 2 is 1.69 bits per heavy atom. The number of halogens is 4. The summed E-state index contributed by atoms with van der Waals surface area (Å²) in [5.41, 5.74) is -0.542. The van der Waals surface area contributed by atoms with Crippen molar-refractivity contribution >= 4 is 23.6 Å². The number of hydrogen-bond donors (Lipinski definition) is 1. The molecule has 2 rings (SSSR count). The van der Waals surface area contributed by atoms with Gasteiger partial charge in [0.15, 0.2) is 6.61 Å². The Kier molecular flexibility index (Phi) is 6.11. The summed E-state index contributed by atoms with van der Waals surface area (Å²) in [4.78, 5) is 23.1. The van der Waals surface area contributed by atoms with Gasteiger partial charge in [-0.3, -0.25) is 4.79 Å². The van der Waals surface area contributed by atoms with E-state index in [1.807, 2.05) is 0 Å². The van der Waals surface area contributed by atoms with Crippen LogP contribution >= 0.6 is 0 Å². The van der Waals surface area contributed by atoms with Crippen molar-refractivity contribution in [1.29, 1.82) is 0 Å². The molecule has 0 heterocycles. The summed E-state index contributed by atoms with van der Waals surface area (Å²) in [6.45, 7) is -0.637. The van der Waals surface area contributed by atoms with E-state index in [1.54, 1.807) is 6.07 Å². The van der Waals surface area contributed by atoms with Crippen LogP contribution in [-0.4, -0.2) is 18.5 Å². The highest BCUT2D eigenvalue weighted by atomic mass is 19.4. The molecular weight excluding hydrogens is 354 g/mol. The summed E-state index contributed by atoms with van der Waals surface area (Å²) >= 11 is 0. The maximum atomic E-state index is 13.4. The molecule has 0 saturated carbocycles. The minimum atomic E-state index is -4.47. The van der Waals surface area contributed by atoms with Crippen LogP contribution < -0.4 is 5.32 Å². The number of nitrogens with one attached hydrogen (secondary N) is 1. The Morgan fingerprint density at radius 3 is 2.31 bits per heavy atom. The second-order valence-corrected chi connectivity index (χ2v) is 5.09. The molecule has 8 heteroatoms. The molecule has 0 aliphatic rings. The minimum Gasteiger partial charge on any atom is -0.452 e. The molecule has 0 aromatic heterocycles. The first kappa shape index (κ1) is 19.2. The SMILES string of the molecule is O=C(COC(=O)/C=C/c1ccccc1F)Nc1ccc(C(F)(F)F)cc1. The number of hydrogen-bond acceptors (Lipinski definition) is 3. The predicted octanol–water partition coefficient (Wildman–Crippen LogP) is 4.04. The van der Waals surface area contributed by atoms with Crippen LogP contribution in [-0.2, 0) is 20.5 Å². The Bertz CT molecular complexity index is 814. The van der Waals surface area contributed by atoms with E-state index in [1.165, 1.54) is 24.3 Å². The second-order valence-electron chi connectivity index (χ2n) is 5.09. The number of ether oxygens (including phenoxy) is 1. The molecule has 4 nitrogen and oxygen atoms in total. The smallest absolute Gasteiger partial charge is 0.416 e. The minimum absolute atomic E-state index is 0.126. The van der Waals surface area contributed by atoms with Gasteiger partial charge in [-0.1, -0.05) is 18.2 Å². The lowest BCUT2D eigenvalue weighted by Gasteiger charge is -2.08. The average molecular weight is 367 g/mol. The zero-order valence-electron chi connectivity index (χ0n) is 13.2. The van der Waals surface area contributed by atoms with Crippen molar-refractivity contribution in [2.24, 2.45) is 0 Å². The second kappa shape index (κ2) is 8.28. The van der Waals surface area contributed by atoms with E-state index in [0.717, 1.165) is 30.3 Å². The molecule has 0 radical (unpaired) electrons. The molecule has 0 spiro atoms. The predicted molar refractivity (Wildman–Crippen MR) is 86.5 cm³/mol. The number of rotatable bonds is 5. The zero-order valence-corrected chi connectivity index (χ0v) is 13.2. The van der Waals surface area contributed by atoms with Crippen LogP contribution in [0.4, 0.5) is 23.2 Å². The molecule has 0 aliphatic carbocycles. The van der Waals surface area contributed by atoms with Gasteiger partial charge in [0, 0.05) is 17.3 Å². The highest BCUT2D eigenvalue weighted by molar-refractivity contribution is 5.94. The third-order valence-corrected chi connectivity index (χ3v) is 3.15. The lowest BCUT2D eigenvalue weighted by atomic mass is 10.2. The summed E-state index contributed by atoms with van der Waals surface area (Å²) < 4.78 is 55.3. The van der Waals surface area contributed by atoms with E-state index in [0.29, 0.717) is 0 Å². The van der Waals surface area contributed by atoms with Crippen LogP contribution in [0.3, 0.4) is 0 Å². The van der Waals surface area contributed by atoms with Gasteiger partial charge in [-0.25, -0.2) is 9.18 Å². The van der Waals surface area contributed by atoms with Gasteiger partial charge in [0.25, 0.3) is 5.91 Å². The molecule has 0 unspecified atom stereocenters. The normalized spacial score (nSPS) is 11.4. The summed E-state index contributed by atoms with van der Waals surface area (Å²) in [7, 11) is 0. The van der Waals surface area contributed by atoms with Gasteiger partial charge in [0.2, 0.25) is 0 Å². The van der Waals surface area contributed by atoms with Gasteiger partial charge in [-0.05, 0) is 36.4 Å². The Labute approximate surface area is 146 Å². The van der Waals surface area contributed by atoms with Gasteiger partial charge >= 0.3 is 12.1 Å². The molecule has 2 aromatic rings. The average Bonchev–Trinajstić information content (AvgIpc) is 2.59. The largest absolute Gasteiger partial charge is 0.452 e. The quantitative estimate of drug-likeness (QED) is 0.493. The van der Waals surface area contributed by atoms with Crippen LogP contribution in [0.5, 0.6) is 0 Å². The maximum absolute atomic E-state index is 13.4. The van der Waals surface area contributed by atoms with Crippen LogP contribution in [0.25, 0.3) is 6.08 Å². The van der Waals surface area contributed by atoms with E-state index in [2.05, 4.69) is 10.1 Å². The lowest BCUT2D eigenvalue weighted by molar-refractivity contribution is -0.142. The van der Waals surface area contributed by atoms with Crippen molar-refractivity contribution < 1.29 is 31.9 Å². The lowest BCUT2D eigenvalue weighted by Crippen LogP contribution is -2.20. The number of carbonyl (C=O) groups is 2. The molecule has 0 atom stereocenters. The fraction of sp³-hybridized carbons (Fsp3) is 0.111. The third kappa shape index (κ3) is 5.73. The number of alkyl halides is 3. The highest BCUT2D eigenvalue weighted by Crippen LogP contribution is 2.29. The van der Waals surface area contributed by atoms with Crippen LogP contribution in [0.15, 0.2) is 54.6 Å². The zero-order chi connectivity index (χ0) is 19.2. The molecule has 0 aliphatic heterocycles. The van der Waals surface area contributed by atoms with Gasteiger partial charge < -0.3 is 10.1 Å². The van der Waals surface area contributed by atoms with Crippen LogP contribution in [0.2, 0.25) is 0 Å². The van der Waals surface area contributed by atoms with E-state index in [4.69, 9.17) is 0 Å². The number of esters is 1. The molecule has 0 fully saturated rings. The van der Waals surface area contributed by atoms with Crippen molar-refractivity contribution in [2.75, 3.05) is 11.9 Å². The summed E-state index contributed by atoms with van der Waals surface area (Å²) in [5, 5.41) is 2.29. The monoisotopic (exact) mass is 367 g/mol. The summed E-state index contributed by atoms with van der Waals surface area (Å²) in [5.74, 6) is -2.11. The highest BCUT2D eigenvalue weighted by Gasteiger charge is 2.29. The maximum Gasteiger partial charge on any atom is 0.416 e. The first-order valence-corrected chi connectivity index (χ1v) is 7.32. The van der Waals surface area contributed by atoms with E-state index in [9.17, 15) is 27.2 Å². The molecular formula is C18H13F4NO3. The molecule has 1 N–H and O–H groups in total. The van der Waals surface area contributed by atoms with Gasteiger partial charge in [-0.15, -0.1) is 0 Å². The molecule has 0 saturated heterocycles. The Balaban J connectivity index is 1.83. The van der Waals surface area contributed by atoms with Crippen molar-refractivity contribution in [3.63, 3.8) is 0 Å². The fourth-order valence-corrected chi connectivity index (χ4v) is 1.89. The van der Waals surface area contributed by atoms with Crippen LogP contribution in [0.1, 0.15) is 11.1 Å². The fourth-order valence-electron chi connectivity index (χ4n) is 1.89. The van der Waals surface area contributed by atoms with Gasteiger partial charge in [0.1, 0.15) is 5.82 Å². The van der Waals surface area contributed by atoms with Crippen molar-refractivity contribution in [3.05, 3.63) is 71.6 Å².